The number of rotatable bonds is 3. The highest BCUT2D eigenvalue weighted by atomic mass is 16.4. The van der Waals surface area contributed by atoms with Gasteiger partial charge in [-0.25, -0.2) is 0 Å². The van der Waals surface area contributed by atoms with Crippen molar-refractivity contribution in [1.82, 2.24) is 0 Å². The highest BCUT2D eigenvalue weighted by Crippen LogP contribution is 2.37. The van der Waals surface area contributed by atoms with Crippen molar-refractivity contribution in [2.24, 2.45) is 0 Å². The molecule has 0 bridgehead atoms. The number of carbonyl (C=O) groups excluding carboxylic acids is 1. The van der Waals surface area contributed by atoms with Crippen LogP contribution in [0.1, 0.15) is 52.0 Å². The van der Waals surface area contributed by atoms with Gasteiger partial charge < -0.3 is 9.90 Å². The normalized spacial score (nSPS) is 11.5. The summed E-state index contributed by atoms with van der Waals surface area (Å²) in [5.41, 5.74) is 5.44. The average Bonchev–Trinajstić information content (AvgIpc) is 2.37. The van der Waals surface area contributed by atoms with Gasteiger partial charge in [-0.2, -0.15) is 0 Å². The first-order valence-corrected chi connectivity index (χ1v) is 7.14. The second-order valence-electron chi connectivity index (χ2n) is 6.23. The summed E-state index contributed by atoms with van der Waals surface area (Å²) in [5.74, 6) is -1.12. The van der Waals surface area contributed by atoms with Crippen LogP contribution in [0, 0.1) is 20.8 Å². The Morgan fingerprint density at radius 2 is 1.52 bits per heavy atom. The molecule has 0 amide bonds. The van der Waals surface area contributed by atoms with Crippen molar-refractivity contribution in [3.8, 4) is 0 Å². The molecule has 0 aliphatic carbocycles. The molecule has 110 valence electrons. The van der Waals surface area contributed by atoms with Gasteiger partial charge in [-0.15, -0.1) is 0 Å². The number of hydrogen-bond acceptors (Lipinski definition) is 2. The van der Waals surface area contributed by atoms with Crippen LogP contribution >= 0.6 is 0 Å². The lowest BCUT2D eigenvalue weighted by atomic mass is 9.72. The first-order chi connectivity index (χ1) is 9.75. The molecule has 0 spiro atoms. The molecular weight excluding hydrogens is 260 g/mol. The predicted molar refractivity (Wildman–Crippen MR) is 83.6 cm³/mol. The molecule has 2 aromatic rings. The SMILES string of the molecule is Cc1cc(C)c(C(C)(C)c2ccccc2C(=O)[O-])c(C)c1. The Hall–Kier alpha value is -2.09. The Morgan fingerprint density at radius 1 is 1.00 bits per heavy atom. The van der Waals surface area contributed by atoms with E-state index < -0.39 is 11.4 Å². The summed E-state index contributed by atoms with van der Waals surface area (Å²) in [6, 6.07) is 11.4. The Bertz CT molecular complexity index is 673. The minimum Gasteiger partial charge on any atom is -0.545 e. The monoisotopic (exact) mass is 281 g/mol. The minimum atomic E-state index is -1.12. The van der Waals surface area contributed by atoms with Gasteiger partial charge in [0.05, 0.1) is 5.97 Å². The largest absolute Gasteiger partial charge is 0.545 e. The van der Waals surface area contributed by atoms with Gasteiger partial charge in [0.25, 0.3) is 0 Å². The maximum atomic E-state index is 11.4. The van der Waals surface area contributed by atoms with Crippen LogP contribution in [0.2, 0.25) is 0 Å². The molecule has 0 fully saturated rings. The third-order valence-corrected chi connectivity index (χ3v) is 4.12. The summed E-state index contributed by atoms with van der Waals surface area (Å²) >= 11 is 0. The molecule has 0 aliphatic heterocycles. The molecule has 0 aliphatic rings. The molecule has 2 rings (SSSR count). The van der Waals surface area contributed by atoms with Gasteiger partial charge in [0.15, 0.2) is 0 Å². The highest BCUT2D eigenvalue weighted by Gasteiger charge is 2.29. The molecular formula is C19H21O2-. The van der Waals surface area contributed by atoms with Gasteiger partial charge in [-0.3, -0.25) is 0 Å². The molecule has 0 saturated heterocycles. The number of carboxylic acid groups (broad SMARTS) is 1. The van der Waals surface area contributed by atoms with E-state index >= 15 is 0 Å². The van der Waals surface area contributed by atoms with E-state index in [-0.39, 0.29) is 5.56 Å². The topological polar surface area (TPSA) is 40.1 Å². The Labute approximate surface area is 126 Å². The number of carbonyl (C=O) groups is 1. The highest BCUT2D eigenvalue weighted by molar-refractivity contribution is 5.88. The lowest BCUT2D eigenvalue weighted by Gasteiger charge is -2.32. The van der Waals surface area contributed by atoms with Gasteiger partial charge in [0.2, 0.25) is 0 Å². The molecule has 0 heterocycles. The minimum absolute atomic E-state index is 0.266. The Balaban J connectivity index is 2.71. The van der Waals surface area contributed by atoms with Crippen molar-refractivity contribution in [3.05, 3.63) is 69.8 Å². The summed E-state index contributed by atoms with van der Waals surface area (Å²) in [6.45, 7) is 10.4. The zero-order chi connectivity index (χ0) is 15.8. The Morgan fingerprint density at radius 3 is 2.05 bits per heavy atom. The fraction of sp³-hybridized carbons (Fsp3) is 0.316. The first kappa shape index (κ1) is 15.3. The first-order valence-electron chi connectivity index (χ1n) is 7.14. The summed E-state index contributed by atoms with van der Waals surface area (Å²) in [5, 5.41) is 11.4. The molecule has 0 aromatic heterocycles. The van der Waals surface area contributed by atoms with Crippen LogP contribution in [0.5, 0.6) is 0 Å². The Kier molecular flexibility index (Phi) is 3.91. The zero-order valence-electron chi connectivity index (χ0n) is 13.3. The van der Waals surface area contributed by atoms with Crippen LogP contribution in [0.15, 0.2) is 36.4 Å². The van der Waals surface area contributed by atoms with Crippen LogP contribution in [-0.4, -0.2) is 5.97 Å². The third-order valence-electron chi connectivity index (χ3n) is 4.12. The van der Waals surface area contributed by atoms with E-state index in [1.54, 1.807) is 12.1 Å². The van der Waals surface area contributed by atoms with Crippen molar-refractivity contribution < 1.29 is 9.90 Å². The third kappa shape index (κ3) is 2.71. The summed E-state index contributed by atoms with van der Waals surface area (Å²) in [4.78, 5) is 11.4. The van der Waals surface area contributed by atoms with Gasteiger partial charge in [0, 0.05) is 11.0 Å². The molecule has 2 nitrogen and oxygen atoms in total. The van der Waals surface area contributed by atoms with E-state index in [4.69, 9.17) is 0 Å². The average molecular weight is 281 g/mol. The molecule has 21 heavy (non-hydrogen) atoms. The number of benzene rings is 2. The van der Waals surface area contributed by atoms with Gasteiger partial charge in [-0.05, 0) is 43.0 Å². The standard InChI is InChI=1S/C19H22O2/c1-12-10-13(2)17(14(3)11-12)19(4,5)16-9-7-6-8-15(16)18(20)21/h6-11H,1-5H3,(H,20,21)/p-1. The molecule has 0 unspecified atom stereocenters. The van der Waals surface area contributed by atoms with Crippen molar-refractivity contribution in [3.63, 3.8) is 0 Å². The quantitative estimate of drug-likeness (QED) is 0.866. The maximum absolute atomic E-state index is 11.4. The van der Waals surface area contributed by atoms with Crippen molar-refractivity contribution in [1.29, 1.82) is 0 Å². The fourth-order valence-corrected chi connectivity index (χ4v) is 3.51. The lowest BCUT2D eigenvalue weighted by molar-refractivity contribution is -0.255. The van der Waals surface area contributed by atoms with Crippen molar-refractivity contribution in [2.45, 2.75) is 40.0 Å². The maximum Gasteiger partial charge on any atom is 0.0718 e. The second-order valence-corrected chi connectivity index (χ2v) is 6.23. The van der Waals surface area contributed by atoms with Crippen LogP contribution in [0.3, 0.4) is 0 Å². The smallest absolute Gasteiger partial charge is 0.0718 e. The van der Waals surface area contributed by atoms with Crippen LogP contribution in [0.4, 0.5) is 0 Å². The van der Waals surface area contributed by atoms with E-state index in [0.717, 1.165) is 5.56 Å². The summed E-state index contributed by atoms with van der Waals surface area (Å²) < 4.78 is 0. The predicted octanol–water partition coefficient (Wildman–Crippen LogP) is 3.30. The summed E-state index contributed by atoms with van der Waals surface area (Å²) in [6.07, 6.45) is 0. The van der Waals surface area contributed by atoms with E-state index in [1.807, 2.05) is 12.1 Å². The molecule has 0 N–H and O–H groups in total. The van der Waals surface area contributed by atoms with Gasteiger partial charge in [-0.1, -0.05) is 55.8 Å². The molecule has 0 saturated carbocycles. The lowest BCUT2D eigenvalue weighted by Crippen LogP contribution is -2.30. The molecule has 2 heteroatoms. The van der Waals surface area contributed by atoms with Crippen molar-refractivity contribution in [2.75, 3.05) is 0 Å². The molecule has 0 atom stereocenters. The van der Waals surface area contributed by atoms with E-state index in [2.05, 4.69) is 46.8 Å². The number of hydrogen-bond donors (Lipinski definition) is 0. The van der Waals surface area contributed by atoms with Gasteiger partial charge in [0.1, 0.15) is 0 Å². The second kappa shape index (κ2) is 5.36. The molecule has 0 radical (unpaired) electrons. The van der Waals surface area contributed by atoms with Crippen LogP contribution < -0.4 is 5.11 Å². The fourth-order valence-electron chi connectivity index (χ4n) is 3.51. The summed E-state index contributed by atoms with van der Waals surface area (Å²) in [7, 11) is 0. The number of aryl methyl sites for hydroxylation is 3. The van der Waals surface area contributed by atoms with E-state index in [0.29, 0.717) is 0 Å². The van der Waals surface area contributed by atoms with E-state index in [9.17, 15) is 9.90 Å². The van der Waals surface area contributed by atoms with Crippen LogP contribution in [0.25, 0.3) is 0 Å². The number of aromatic carboxylic acids is 1. The van der Waals surface area contributed by atoms with Gasteiger partial charge >= 0.3 is 0 Å². The van der Waals surface area contributed by atoms with Crippen molar-refractivity contribution >= 4 is 5.97 Å². The van der Waals surface area contributed by atoms with Crippen LogP contribution in [-0.2, 0) is 5.41 Å². The molecule has 2 aromatic carbocycles. The zero-order valence-corrected chi connectivity index (χ0v) is 13.3. The number of carboxylic acids is 1. The van der Waals surface area contributed by atoms with E-state index in [1.165, 1.54) is 22.3 Å².